The van der Waals surface area contributed by atoms with Crippen molar-refractivity contribution in [2.75, 3.05) is 31.6 Å². The maximum absolute atomic E-state index is 13.0. The molecule has 0 aromatic heterocycles. The number of nitrogens with one attached hydrogen (secondary N) is 1. The third kappa shape index (κ3) is 5.98. The number of amides is 1. The Morgan fingerprint density at radius 3 is 2.13 bits per heavy atom. The lowest BCUT2D eigenvalue weighted by atomic mass is 10.1. The molecule has 0 bridgehead atoms. The van der Waals surface area contributed by atoms with Crippen molar-refractivity contribution in [3.05, 3.63) is 47.0 Å². The van der Waals surface area contributed by atoms with Crippen LogP contribution >= 0.6 is 0 Å². The van der Waals surface area contributed by atoms with E-state index in [1.165, 1.54) is 10.4 Å². The molecule has 8 heteroatoms. The second-order valence-corrected chi connectivity index (χ2v) is 9.15. The maximum Gasteiger partial charge on any atom is 0.262 e. The molecule has 0 radical (unpaired) electrons. The van der Waals surface area contributed by atoms with Crippen molar-refractivity contribution in [3.8, 4) is 11.5 Å². The molecule has 31 heavy (non-hydrogen) atoms. The summed E-state index contributed by atoms with van der Waals surface area (Å²) >= 11 is 0. The van der Waals surface area contributed by atoms with Gasteiger partial charge in [0.1, 0.15) is 16.4 Å². The Bertz CT molecular complexity index is 1010. The van der Waals surface area contributed by atoms with Crippen LogP contribution in [0.25, 0.3) is 0 Å². The van der Waals surface area contributed by atoms with Crippen molar-refractivity contribution in [2.45, 2.75) is 46.4 Å². The van der Waals surface area contributed by atoms with E-state index in [1.54, 1.807) is 32.9 Å². The minimum Gasteiger partial charge on any atom is -0.492 e. The quantitative estimate of drug-likeness (QED) is 0.593. The molecule has 1 amide bonds. The highest BCUT2D eigenvalue weighted by molar-refractivity contribution is 7.89. The van der Waals surface area contributed by atoms with Crippen molar-refractivity contribution in [1.29, 1.82) is 0 Å². The highest BCUT2D eigenvalue weighted by Gasteiger charge is 2.26. The van der Waals surface area contributed by atoms with E-state index in [0.29, 0.717) is 31.1 Å². The van der Waals surface area contributed by atoms with E-state index in [9.17, 15) is 13.2 Å². The molecule has 2 aromatic carbocycles. The van der Waals surface area contributed by atoms with Crippen LogP contribution in [0.2, 0.25) is 0 Å². The molecule has 0 atom stereocenters. The predicted octanol–water partition coefficient (Wildman–Crippen LogP) is 4.06. The number of carbonyl (C=O) groups excluding carboxylic acids is 1. The molecule has 2 rings (SSSR count). The van der Waals surface area contributed by atoms with Crippen molar-refractivity contribution >= 4 is 21.6 Å². The first-order chi connectivity index (χ1) is 14.6. The molecule has 2 aromatic rings. The van der Waals surface area contributed by atoms with Gasteiger partial charge in [-0.05, 0) is 57.0 Å². The summed E-state index contributed by atoms with van der Waals surface area (Å²) in [6.07, 6.45) is 0. The summed E-state index contributed by atoms with van der Waals surface area (Å²) in [5.41, 5.74) is 3.40. The number of aryl methyl sites for hydroxylation is 3. The molecule has 0 aliphatic heterocycles. The van der Waals surface area contributed by atoms with E-state index in [2.05, 4.69) is 5.32 Å². The topological polar surface area (TPSA) is 84.9 Å². The minimum atomic E-state index is -3.76. The van der Waals surface area contributed by atoms with E-state index < -0.39 is 10.0 Å². The fourth-order valence-electron chi connectivity index (χ4n) is 3.49. The van der Waals surface area contributed by atoms with Gasteiger partial charge < -0.3 is 14.8 Å². The SMILES string of the molecule is CCOc1ccc(NC(=O)COc2c(C)cc(C)cc2C)cc1S(=O)(=O)N(CC)CC. The normalized spacial score (nSPS) is 11.5. The average molecular weight is 449 g/mol. The summed E-state index contributed by atoms with van der Waals surface area (Å²) in [6, 6.07) is 8.60. The molecule has 170 valence electrons. The van der Waals surface area contributed by atoms with Crippen molar-refractivity contribution < 1.29 is 22.7 Å². The number of carbonyl (C=O) groups is 1. The largest absolute Gasteiger partial charge is 0.492 e. The number of anilines is 1. The monoisotopic (exact) mass is 448 g/mol. The van der Waals surface area contributed by atoms with Crippen LogP contribution in [-0.2, 0) is 14.8 Å². The first-order valence-corrected chi connectivity index (χ1v) is 11.8. The zero-order valence-electron chi connectivity index (χ0n) is 19.1. The summed E-state index contributed by atoms with van der Waals surface area (Å²) in [5.74, 6) is 0.557. The number of ether oxygens (including phenoxy) is 2. The molecule has 1 N–H and O–H groups in total. The Hall–Kier alpha value is -2.58. The van der Waals surface area contributed by atoms with Gasteiger partial charge in [-0.1, -0.05) is 31.5 Å². The van der Waals surface area contributed by atoms with Gasteiger partial charge in [-0.25, -0.2) is 8.42 Å². The molecule has 0 spiro atoms. The lowest BCUT2D eigenvalue weighted by Gasteiger charge is -2.21. The average Bonchev–Trinajstić information content (AvgIpc) is 2.69. The molecule has 0 unspecified atom stereocenters. The maximum atomic E-state index is 13.0. The van der Waals surface area contributed by atoms with Gasteiger partial charge in [0.2, 0.25) is 10.0 Å². The number of sulfonamides is 1. The van der Waals surface area contributed by atoms with Gasteiger partial charge in [0.05, 0.1) is 6.61 Å². The van der Waals surface area contributed by atoms with Crippen LogP contribution in [0.15, 0.2) is 35.2 Å². The van der Waals surface area contributed by atoms with Crippen LogP contribution in [-0.4, -0.2) is 44.9 Å². The summed E-state index contributed by atoms with van der Waals surface area (Å²) in [4.78, 5) is 12.5. The predicted molar refractivity (Wildman–Crippen MR) is 122 cm³/mol. The van der Waals surface area contributed by atoms with Crippen LogP contribution in [0.1, 0.15) is 37.5 Å². The second kappa shape index (κ2) is 10.6. The highest BCUT2D eigenvalue weighted by atomic mass is 32.2. The second-order valence-electron chi connectivity index (χ2n) is 7.25. The van der Waals surface area contributed by atoms with Crippen LogP contribution in [0.5, 0.6) is 11.5 Å². The van der Waals surface area contributed by atoms with Gasteiger partial charge in [0.15, 0.2) is 6.61 Å². The van der Waals surface area contributed by atoms with Gasteiger partial charge in [0.25, 0.3) is 5.91 Å². The molecule has 0 saturated carbocycles. The fraction of sp³-hybridized carbons (Fsp3) is 0.435. The summed E-state index contributed by atoms with van der Waals surface area (Å²) in [7, 11) is -3.76. The fourth-order valence-corrected chi connectivity index (χ4v) is 5.11. The third-order valence-electron chi connectivity index (χ3n) is 4.80. The molecular formula is C23H32N2O5S. The summed E-state index contributed by atoms with van der Waals surface area (Å²) in [5, 5.41) is 2.72. The first-order valence-electron chi connectivity index (χ1n) is 10.4. The standard InChI is InChI=1S/C23H32N2O5S/c1-7-25(8-2)31(27,28)21-14-19(10-11-20(21)29-9-3)24-22(26)15-30-23-17(5)12-16(4)13-18(23)6/h10-14H,7-9,15H2,1-6H3,(H,24,26). The molecule has 0 fully saturated rings. The van der Waals surface area contributed by atoms with Gasteiger partial charge in [-0.15, -0.1) is 0 Å². The van der Waals surface area contributed by atoms with E-state index in [0.717, 1.165) is 16.7 Å². The number of hydrogen-bond acceptors (Lipinski definition) is 5. The van der Waals surface area contributed by atoms with Crippen LogP contribution in [0.4, 0.5) is 5.69 Å². The Morgan fingerprint density at radius 1 is 0.968 bits per heavy atom. The Labute approximate surface area is 185 Å². The van der Waals surface area contributed by atoms with Gasteiger partial charge in [-0.2, -0.15) is 4.31 Å². The number of rotatable bonds is 10. The van der Waals surface area contributed by atoms with Gasteiger partial charge in [-0.3, -0.25) is 4.79 Å². The van der Waals surface area contributed by atoms with E-state index in [-0.39, 0.29) is 23.2 Å². The Kier molecular flexibility index (Phi) is 8.47. The number of hydrogen-bond donors (Lipinski definition) is 1. The van der Waals surface area contributed by atoms with E-state index >= 15 is 0 Å². The summed E-state index contributed by atoms with van der Waals surface area (Å²) < 4.78 is 38.7. The smallest absolute Gasteiger partial charge is 0.262 e. The number of nitrogens with zero attached hydrogens (tertiary/aromatic N) is 1. The van der Waals surface area contributed by atoms with Crippen molar-refractivity contribution in [2.24, 2.45) is 0 Å². The first kappa shape index (κ1) is 24.7. The molecule has 0 aliphatic carbocycles. The molecule has 7 nitrogen and oxygen atoms in total. The third-order valence-corrected chi connectivity index (χ3v) is 6.87. The molecular weight excluding hydrogens is 416 g/mol. The Morgan fingerprint density at radius 2 is 1.58 bits per heavy atom. The van der Waals surface area contributed by atoms with Gasteiger partial charge in [0, 0.05) is 18.8 Å². The van der Waals surface area contributed by atoms with E-state index in [1.807, 2.05) is 32.9 Å². The van der Waals surface area contributed by atoms with E-state index in [4.69, 9.17) is 9.47 Å². The highest BCUT2D eigenvalue weighted by Crippen LogP contribution is 2.30. The van der Waals surface area contributed by atoms with Crippen LogP contribution in [0.3, 0.4) is 0 Å². The van der Waals surface area contributed by atoms with Crippen molar-refractivity contribution in [3.63, 3.8) is 0 Å². The number of benzene rings is 2. The zero-order valence-corrected chi connectivity index (χ0v) is 19.9. The molecule has 0 saturated heterocycles. The van der Waals surface area contributed by atoms with Gasteiger partial charge >= 0.3 is 0 Å². The lowest BCUT2D eigenvalue weighted by molar-refractivity contribution is -0.118. The summed E-state index contributed by atoms with van der Waals surface area (Å²) in [6.45, 7) is 12.0. The van der Waals surface area contributed by atoms with Crippen LogP contribution in [0, 0.1) is 20.8 Å². The zero-order chi connectivity index (χ0) is 23.2. The lowest BCUT2D eigenvalue weighted by Crippen LogP contribution is -2.31. The molecule has 0 aliphatic rings. The minimum absolute atomic E-state index is 0.0296. The Balaban J connectivity index is 2.23. The van der Waals surface area contributed by atoms with Crippen molar-refractivity contribution in [1.82, 2.24) is 4.31 Å². The molecule has 0 heterocycles. The van der Waals surface area contributed by atoms with Crippen LogP contribution < -0.4 is 14.8 Å².